The lowest BCUT2D eigenvalue weighted by molar-refractivity contribution is -0.122. The van der Waals surface area contributed by atoms with E-state index in [1.807, 2.05) is 24.3 Å². The summed E-state index contributed by atoms with van der Waals surface area (Å²) in [5, 5.41) is 3.22. The van der Waals surface area contributed by atoms with Gasteiger partial charge in [0.05, 0.1) is 18.5 Å². The van der Waals surface area contributed by atoms with Crippen molar-refractivity contribution in [2.75, 3.05) is 40.4 Å². The predicted molar refractivity (Wildman–Crippen MR) is 119 cm³/mol. The van der Waals surface area contributed by atoms with E-state index in [1.165, 1.54) is 25.3 Å². The van der Waals surface area contributed by atoms with E-state index in [4.69, 9.17) is 16.3 Å². The fraction of sp³-hybridized carbons (Fsp3) is 0.381. The lowest BCUT2D eigenvalue weighted by Gasteiger charge is -2.34. The molecule has 7 nitrogen and oxygen atoms in total. The van der Waals surface area contributed by atoms with Gasteiger partial charge in [-0.2, -0.15) is 0 Å². The first-order chi connectivity index (χ1) is 14.3. The standard InChI is InChI=1S/C21H24ClN3O4S/c1-30(27,28)25-14-20(29-19-10-5-15(22)13-18(19)25)21(26)23-16-6-8-17(9-7-16)24-11-3-2-4-12-24/h5-10,13,20H,2-4,11-12,14H2,1H3,(H,23,26)/t20-/m1/s1. The summed E-state index contributed by atoms with van der Waals surface area (Å²) in [6.07, 6.45) is 3.78. The van der Waals surface area contributed by atoms with Gasteiger partial charge in [-0.15, -0.1) is 0 Å². The number of rotatable bonds is 4. The molecule has 9 heteroatoms. The molecule has 2 aliphatic rings. The molecule has 2 aliphatic heterocycles. The van der Waals surface area contributed by atoms with Crippen LogP contribution in [0.3, 0.4) is 0 Å². The number of ether oxygens (including phenoxy) is 1. The highest BCUT2D eigenvalue weighted by molar-refractivity contribution is 7.92. The van der Waals surface area contributed by atoms with Gasteiger partial charge in [0, 0.05) is 29.5 Å². The number of hydrogen-bond acceptors (Lipinski definition) is 5. The van der Waals surface area contributed by atoms with Crippen molar-refractivity contribution in [3.05, 3.63) is 47.5 Å². The molecule has 0 saturated carbocycles. The third-order valence-electron chi connectivity index (χ3n) is 5.34. The molecule has 4 rings (SSSR count). The Morgan fingerprint density at radius 3 is 2.47 bits per heavy atom. The highest BCUT2D eigenvalue weighted by Gasteiger charge is 2.35. The summed E-state index contributed by atoms with van der Waals surface area (Å²) in [6.45, 7) is 1.97. The van der Waals surface area contributed by atoms with Crippen molar-refractivity contribution in [3.63, 3.8) is 0 Å². The Labute approximate surface area is 181 Å². The molecule has 0 bridgehead atoms. The number of hydrogen-bond donors (Lipinski definition) is 1. The van der Waals surface area contributed by atoms with Crippen LogP contribution in [-0.2, 0) is 14.8 Å². The Morgan fingerprint density at radius 2 is 1.80 bits per heavy atom. The summed E-state index contributed by atoms with van der Waals surface area (Å²) < 4.78 is 31.5. The predicted octanol–water partition coefficient (Wildman–Crippen LogP) is 3.50. The third kappa shape index (κ3) is 4.49. The van der Waals surface area contributed by atoms with Crippen LogP contribution in [0.15, 0.2) is 42.5 Å². The Morgan fingerprint density at radius 1 is 1.10 bits per heavy atom. The molecule has 0 spiro atoms. The number of nitrogens with one attached hydrogen (secondary N) is 1. The first kappa shape index (κ1) is 20.8. The van der Waals surface area contributed by atoms with Crippen LogP contribution in [0.4, 0.5) is 17.1 Å². The lowest BCUT2D eigenvalue weighted by atomic mass is 10.1. The number of sulfonamides is 1. The number of benzene rings is 2. The Hall–Kier alpha value is -2.45. The van der Waals surface area contributed by atoms with Gasteiger partial charge < -0.3 is 15.0 Å². The molecule has 2 heterocycles. The van der Waals surface area contributed by atoms with E-state index >= 15 is 0 Å². The molecule has 1 N–H and O–H groups in total. The summed E-state index contributed by atoms with van der Waals surface area (Å²) in [5.41, 5.74) is 2.10. The Kier molecular flexibility index (Phi) is 5.79. The molecule has 1 atom stereocenters. The summed E-state index contributed by atoms with van der Waals surface area (Å²) in [6, 6.07) is 12.4. The largest absolute Gasteiger partial charge is 0.476 e. The zero-order valence-electron chi connectivity index (χ0n) is 16.7. The fourth-order valence-corrected chi connectivity index (χ4v) is 4.88. The molecule has 1 amide bonds. The molecule has 1 fully saturated rings. The summed E-state index contributed by atoms with van der Waals surface area (Å²) in [5.74, 6) is -0.105. The molecule has 2 aromatic rings. The number of halogens is 1. The van der Waals surface area contributed by atoms with Crippen LogP contribution >= 0.6 is 11.6 Å². The minimum absolute atomic E-state index is 0.121. The molecular weight excluding hydrogens is 426 g/mol. The lowest BCUT2D eigenvalue weighted by Crippen LogP contribution is -2.48. The van der Waals surface area contributed by atoms with E-state index in [1.54, 1.807) is 12.1 Å². The van der Waals surface area contributed by atoms with Crippen LogP contribution < -0.4 is 19.3 Å². The molecule has 0 radical (unpaired) electrons. The normalized spacial score (nSPS) is 19.1. The monoisotopic (exact) mass is 449 g/mol. The highest BCUT2D eigenvalue weighted by Crippen LogP contribution is 2.37. The number of nitrogens with zero attached hydrogens (tertiary/aromatic N) is 2. The number of carbonyl (C=O) groups excluding carboxylic acids is 1. The molecule has 0 unspecified atom stereocenters. The van der Waals surface area contributed by atoms with E-state index in [0.717, 1.165) is 29.3 Å². The minimum atomic E-state index is -3.60. The topological polar surface area (TPSA) is 79.0 Å². The minimum Gasteiger partial charge on any atom is -0.476 e. The first-order valence-corrected chi connectivity index (χ1v) is 12.1. The smallest absolute Gasteiger partial charge is 0.267 e. The van der Waals surface area contributed by atoms with Crippen molar-refractivity contribution >= 4 is 44.6 Å². The number of anilines is 3. The van der Waals surface area contributed by atoms with E-state index < -0.39 is 22.0 Å². The van der Waals surface area contributed by atoms with E-state index in [2.05, 4.69) is 10.2 Å². The van der Waals surface area contributed by atoms with Crippen molar-refractivity contribution in [1.82, 2.24) is 0 Å². The van der Waals surface area contributed by atoms with Crippen molar-refractivity contribution in [2.45, 2.75) is 25.4 Å². The first-order valence-electron chi connectivity index (χ1n) is 9.91. The molecular formula is C21H24ClN3O4S. The maximum atomic E-state index is 12.8. The van der Waals surface area contributed by atoms with E-state index in [-0.39, 0.29) is 6.54 Å². The van der Waals surface area contributed by atoms with E-state index in [9.17, 15) is 13.2 Å². The zero-order chi connectivity index (χ0) is 21.3. The van der Waals surface area contributed by atoms with Crippen LogP contribution in [0.2, 0.25) is 5.02 Å². The quantitative estimate of drug-likeness (QED) is 0.772. The molecule has 0 aliphatic carbocycles. The maximum Gasteiger partial charge on any atom is 0.267 e. The highest BCUT2D eigenvalue weighted by atomic mass is 35.5. The van der Waals surface area contributed by atoms with Crippen LogP contribution in [0.25, 0.3) is 0 Å². The molecule has 0 aromatic heterocycles. The van der Waals surface area contributed by atoms with Gasteiger partial charge in [0.2, 0.25) is 10.0 Å². The van der Waals surface area contributed by atoms with Crippen molar-refractivity contribution in [3.8, 4) is 5.75 Å². The average Bonchev–Trinajstić information content (AvgIpc) is 2.73. The Bertz CT molecular complexity index is 1040. The second-order valence-corrected chi connectivity index (χ2v) is 9.94. The zero-order valence-corrected chi connectivity index (χ0v) is 18.2. The van der Waals surface area contributed by atoms with E-state index in [0.29, 0.717) is 22.1 Å². The van der Waals surface area contributed by atoms with Gasteiger partial charge in [-0.05, 0) is 61.7 Å². The van der Waals surface area contributed by atoms with Crippen LogP contribution in [0, 0.1) is 0 Å². The fourth-order valence-electron chi connectivity index (χ4n) is 3.81. The second kappa shape index (κ2) is 8.35. The van der Waals surface area contributed by atoms with Gasteiger partial charge in [0.25, 0.3) is 5.91 Å². The van der Waals surface area contributed by atoms with Gasteiger partial charge >= 0.3 is 0 Å². The summed E-state index contributed by atoms with van der Waals surface area (Å²) in [4.78, 5) is 15.1. The Balaban J connectivity index is 1.49. The average molecular weight is 450 g/mol. The summed E-state index contributed by atoms with van der Waals surface area (Å²) >= 11 is 6.01. The third-order valence-corrected chi connectivity index (χ3v) is 6.72. The van der Waals surface area contributed by atoms with Crippen molar-refractivity contribution in [1.29, 1.82) is 0 Å². The van der Waals surface area contributed by atoms with Crippen LogP contribution in [-0.4, -0.2) is 46.3 Å². The summed E-state index contributed by atoms with van der Waals surface area (Å²) in [7, 11) is -3.60. The van der Waals surface area contributed by atoms with Gasteiger partial charge in [-0.3, -0.25) is 9.10 Å². The second-order valence-electron chi connectivity index (χ2n) is 7.60. The molecule has 2 aromatic carbocycles. The number of piperidine rings is 1. The number of carbonyl (C=O) groups is 1. The van der Waals surface area contributed by atoms with Gasteiger partial charge in [0.1, 0.15) is 5.75 Å². The van der Waals surface area contributed by atoms with Gasteiger partial charge in [0.15, 0.2) is 6.10 Å². The van der Waals surface area contributed by atoms with Gasteiger partial charge in [-0.1, -0.05) is 11.6 Å². The maximum absolute atomic E-state index is 12.8. The number of fused-ring (bicyclic) bond motifs is 1. The number of amides is 1. The van der Waals surface area contributed by atoms with Crippen LogP contribution in [0.5, 0.6) is 5.75 Å². The SMILES string of the molecule is CS(=O)(=O)N1C[C@H](C(=O)Nc2ccc(N3CCCCC3)cc2)Oc2ccc(Cl)cc21. The molecule has 30 heavy (non-hydrogen) atoms. The molecule has 160 valence electrons. The van der Waals surface area contributed by atoms with Crippen molar-refractivity contribution in [2.24, 2.45) is 0 Å². The van der Waals surface area contributed by atoms with Crippen molar-refractivity contribution < 1.29 is 17.9 Å². The van der Waals surface area contributed by atoms with Crippen LogP contribution in [0.1, 0.15) is 19.3 Å². The molecule has 1 saturated heterocycles. The van der Waals surface area contributed by atoms with Gasteiger partial charge in [-0.25, -0.2) is 8.42 Å².